The van der Waals surface area contributed by atoms with E-state index in [2.05, 4.69) is 25.6 Å². The molecule has 0 fully saturated rings. The van der Waals surface area contributed by atoms with E-state index in [4.69, 9.17) is 9.47 Å². The van der Waals surface area contributed by atoms with Gasteiger partial charge in [-0.3, -0.25) is 4.79 Å². The lowest BCUT2D eigenvalue weighted by Gasteiger charge is -2.12. The summed E-state index contributed by atoms with van der Waals surface area (Å²) in [5, 5.41) is 5.75. The Morgan fingerprint density at radius 2 is 1.68 bits per heavy atom. The third-order valence-electron chi connectivity index (χ3n) is 5.27. The summed E-state index contributed by atoms with van der Waals surface area (Å²) in [6.45, 7) is -0.942. The molecule has 1 aromatic heterocycles. The van der Waals surface area contributed by atoms with Crippen LogP contribution < -0.4 is 24.8 Å². The fraction of sp³-hybridized carbons (Fsp3) is 0.280. The topological polar surface area (TPSA) is 144 Å². The largest absolute Gasteiger partial charge is 0.494 e. The third-order valence-corrected chi connectivity index (χ3v) is 6.40. The third kappa shape index (κ3) is 9.11. The average molecular weight is 579 g/mol. The Labute approximate surface area is 227 Å². The van der Waals surface area contributed by atoms with Crippen LogP contribution in [-0.2, 0) is 16.6 Å². The number of allylic oxidation sites excluding steroid dienone is 1. The van der Waals surface area contributed by atoms with Crippen molar-refractivity contribution in [3.8, 4) is 11.8 Å². The number of benzene rings is 2. The Kier molecular flexibility index (Phi) is 9.04. The summed E-state index contributed by atoms with van der Waals surface area (Å²) in [5.74, 6) is -0.719. The fourth-order valence-corrected chi connectivity index (χ4v) is 4.24. The van der Waals surface area contributed by atoms with Crippen molar-refractivity contribution in [3.05, 3.63) is 71.8 Å². The van der Waals surface area contributed by atoms with Gasteiger partial charge in [0.1, 0.15) is 5.75 Å². The number of hydrogen-bond acceptors (Lipinski definition) is 10. The second-order valence-corrected chi connectivity index (χ2v) is 10.3. The number of alkyl halides is 3. The van der Waals surface area contributed by atoms with Gasteiger partial charge in [-0.1, -0.05) is 24.3 Å². The first-order chi connectivity index (χ1) is 19.0. The second-order valence-electron chi connectivity index (χ2n) is 8.54. The highest BCUT2D eigenvalue weighted by atomic mass is 32.2. The number of sulfonamides is 1. The van der Waals surface area contributed by atoms with E-state index < -0.39 is 34.7 Å². The number of anilines is 3. The lowest BCUT2D eigenvalue weighted by molar-refractivity contribution is -0.154. The Morgan fingerprint density at radius 1 is 0.950 bits per heavy atom. The summed E-state index contributed by atoms with van der Waals surface area (Å²) in [6.07, 6.45) is -0.185. The number of carbonyl (C=O) groups is 1. The maximum absolute atomic E-state index is 12.7. The van der Waals surface area contributed by atoms with E-state index in [-0.39, 0.29) is 29.8 Å². The molecule has 0 saturated heterocycles. The van der Waals surface area contributed by atoms with Crippen LogP contribution in [-0.4, -0.2) is 54.4 Å². The van der Waals surface area contributed by atoms with Crippen LogP contribution in [0.25, 0.3) is 0 Å². The van der Waals surface area contributed by atoms with Crippen molar-refractivity contribution in [3.63, 3.8) is 0 Å². The fourth-order valence-electron chi connectivity index (χ4n) is 3.37. The lowest BCUT2D eigenvalue weighted by Crippen LogP contribution is -2.32. The molecule has 0 atom stereocenters. The predicted octanol–water partition coefficient (Wildman–Crippen LogP) is 3.96. The molecule has 0 radical (unpaired) electrons. The molecule has 3 aromatic rings. The summed E-state index contributed by atoms with van der Waals surface area (Å²) >= 11 is 0. The van der Waals surface area contributed by atoms with E-state index in [1.54, 1.807) is 18.2 Å². The number of aromatic nitrogens is 3. The molecule has 0 saturated carbocycles. The minimum atomic E-state index is -4.60. The number of nitrogens with one attached hydrogen (secondary N) is 3. The standard InChI is InChI=1S/C25H25F3N6O5S/c26-25(27,28)16-39-24-32-22-29-15-17-5-11-20(12-6-17)38-13-3-1-2-4-14-40(36,37)34-21(35)18-7-9-19(10-8-18)30-23(31-22)33-24/h2,4-12H,1,3,13-16H2,(H,34,35)(H2,29,30,31,32,33)/b4-2+. The quantitative estimate of drug-likeness (QED) is 0.382. The minimum absolute atomic E-state index is 0.0429. The number of halogens is 3. The molecular weight excluding hydrogens is 553 g/mol. The molecule has 4 aliphatic rings. The van der Waals surface area contributed by atoms with Crippen molar-refractivity contribution >= 4 is 33.5 Å². The Hall–Kier alpha value is -4.40. The lowest BCUT2D eigenvalue weighted by atomic mass is 10.2. The molecule has 0 spiro atoms. The highest BCUT2D eigenvalue weighted by Crippen LogP contribution is 2.21. The van der Waals surface area contributed by atoms with E-state index in [0.29, 0.717) is 30.9 Å². The molecule has 212 valence electrons. The van der Waals surface area contributed by atoms with Gasteiger partial charge in [-0.15, -0.1) is 0 Å². The van der Waals surface area contributed by atoms with Gasteiger partial charge in [0.05, 0.1) is 12.4 Å². The van der Waals surface area contributed by atoms with Gasteiger partial charge in [0.15, 0.2) is 6.61 Å². The van der Waals surface area contributed by atoms with Crippen LogP contribution in [0.3, 0.4) is 0 Å². The Morgan fingerprint density at radius 3 is 2.40 bits per heavy atom. The molecule has 11 nitrogen and oxygen atoms in total. The van der Waals surface area contributed by atoms with Gasteiger partial charge >= 0.3 is 12.2 Å². The molecule has 4 aliphatic heterocycles. The van der Waals surface area contributed by atoms with Crippen molar-refractivity contribution in [1.29, 1.82) is 0 Å². The van der Waals surface area contributed by atoms with Crippen LogP contribution in [0.15, 0.2) is 60.7 Å². The number of hydrogen-bond donors (Lipinski definition) is 3. The normalized spacial score (nSPS) is 16.9. The van der Waals surface area contributed by atoms with Crippen molar-refractivity contribution in [2.45, 2.75) is 25.6 Å². The zero-order valence-electron chi connectivity index (χ0n) is 20.9. The van der Waals surface area contributed by atoms with Gasteiger partial charge in [0.25, 0.3) is 5.91 Å². The maximum atomic E-state index is 12.7. The van der Waals surface area contributed by atoms with Gasteiger partial charge in [-0.25, -0.2) is 13.1 Å². The molecular formula is C25H25F3N6O5S. The number of ether oxygens (including phenoxy) is 2. The van der Waals surface area contributed by atoms with Crippen molar-refractivity contribution in [1.82, 2.24) is 19.7 Å². The molecule has 6 bridgehead atoms. The van der Waals surface area contributed by atoms with E-state index >= 15 is 0 Å². The van der Waals surface area contributed by atoms with Crippen LogP contribution in [0.2, 0.25) is 0 Å². The van der Waals surface area contributed by atoms with E-state index in [1.165, 1.54) is 30.3 Å². The van der Waals surface area contributed by atoms with E-state index in [0.717, 1.165) is 5.56 Å². The number of nitrogens with zero attached hydrogens (tertiary/aromatic N) is 3. The smallest absolute Gasteiger partial charge is 0.422 e. The SMILES string of the molecule is O=C1NS(=O)(=O)C/C=C/CCCOc2ccc(cc2)CNc2nc(nc(OCC(F)(F)F)n2)Nc2ccc1cc2. The number of rotatable bonds is 2. The zero-order chi connectivity index (χ0) is 28.6. The summed E-state index contributed by atoms with van der Waals surface area (Å²) in [7, 11) is -3.91. The maximum Gasteiger partial charge on any atom is 0.422 e. The molecule has 7 rings (SSSR count). The summed E-state index contributed by atoms with van der Waals surface area (Å²) in [4.78, 5) is 24.4. The number of amides is 1. The summed E-state index contributed by atoms with van der Waals surface area (Å²) in [6, 6.07) is 12.2. The van der Waals surface area contributed by atoms with Gasteiger partial charge < -0.3 is 20.1 Å². The summed E-state index contributed by atoms with van der Waals surface area (Å²) < 4.78 is 75.1. The van der Waals surface area contributed by atoms with E-state index in [1.807, 2.05) is 16.9 Å². The first-order valence-corrected chi connectivity index (χ1v) is 13.7. The van der Waals surface area contributed by atoms with Gasteiger partial charge in [-0.2, -0.15) is 28.1 Å². The molecule has 0 aliphatic carbocycles. The van der Waals surface area contributed by atoms with Crippen LogP contribution in [0.1, 0.15) is 28.8 Å². The van der Waals surface area contributed by atoms with Gasteiger partial charge in [-0.05, 0) is 54.8 Å². The van der Waals surface area contributed by atoms with Crippen LogP contribution in [0, 0.1) is 0 Å². The highest BCUT2D eigenvalue weighted by Gasteiger charge is 2.29. The van der Waals surface area contributed by atoms with E-state index in [9.17, 15) is 26.4 Å². The molecule has 3 N–H and O–H groups in total. The molecule has 15 heteroatoms. The zero-order valence-corrected chi connectivity index (χ0v) is 21.8. The van der Waals surface area contributed by atoms with Crippen molar-refractivity contribution < 1.29 is 35.9 Å². The molecule has 1 amide bonds. The first-order valence-electron chi connectivity index (χ1n) is 12.0. The molecule has 0 unspecified atom stereocenters. The first kappa shape index (κ1) is 28.6. The Balaban J connectivity index is 1.59. The minimum Gasteiger partial charge on any atom is -0.494 e. The number of carbonyl (C=O) groups excluding carboxylic acids is 1. The highest BCUT2D eigenvalue weighted by molar-refractivity contribution is 7.90. The Bertz CT molecular complexity index is 1450. The van der Waals surface area contributed by atoms with Crippen molar-refractivity contribution in [2.24, 2.45) is 0 Å². The van der Waals surface area contributed by atoms with Gasteiger partial charge in [0.2, 0.25) is 21.9 Å². The van der Waals surface area contributed by atoms with Crippen LogP contribution in [0.4, 0.5) is 30.8 Å². The molecule has 2 aromatic carbocycles. The molecule has 40 heavy (non-hydrogen) atoms. The second kappa shape index (κ2) is 12.6. The predicted molar refractivity (Wildman–Crippen MR) is 140 cm³/mol. The van der Waals surface area contributed by atoms with Crippen LogP contribution in [0.5, 0.6) is 11.8 Å². The summed E-state index contributed by atoms with van der Waals surface area (Å²) in [5.41, 5.74) is 1.27. The monoisotopic (exact) mass is 578 g/mol. The van der Waals surface area contributed by atoms with Crippen LogP contribution >= 0.6 is 0 Å². The van der Waals surface area contributed by atoms with Crippen molar-refractivity contribution in [2.75, 3.05) is 29.6 Å². The van der Waals surface area contributed by atoms with Gasteiger partial charge in [0, 0.05) is 17.8 Å². The molecule has 5 heterocycles. The average Bonchev–Trinajstić information content (AvgIpc) is 2.90.